The molecule has 0 amide bonds. The van der Waals surface area contributed by atoms with Crippen molar-refractivity contribution in [1.29, 1.82) is 0 Å². The third kappa shape index (κ3) is 1.30. The van der Waals surface area contributed by atoms with E-state index in [1.165, 1.54) is 25.8 Å². The first-order chi connectivity index (χ1) is 5.27. The Morgan fingerprint density at radius 2 is 2.09 bits per heavy atom. The summed E-state index contributed by atoms with van der Waals surface area (Å²) in [5.74, 6) is 0.926. The van der Waals surface area contributed by atoms with Crippen LogP contribution in [0.3, 0.4) is 0 Å². The molecule has 1 N–H and O–H groups in total. The van der Waals surface area contributed by atoms with Crippen LogP contribution in [0.25, 0.3) is 0 Å². The van der Waals surface area contributed by atoms with Crippen LogP contribution in [0.4, 0.5) is 0 Å². The second kappa shape index (κ2) is 2.76. The fraction of sp³-hybridized carbons (Fsp3) is 1.00. The summed E-state index contributed by atoms with van der Waals surface area (Å²) in [5, 5.41) is 3.58. The van der Waals surface area contributed by atoms with Gasteiger partial charge in [-0.25, -0.2) is 0 Å². The fourth-order valence-electron chi connectivity index (χ4n) is 2.58. The summed E-state index contributed by atoms with van der Waals surface area (Å²) in [6.07, 6.45) is 4.23. The lowest BCUT2D eigenvalue weighted by molar-refractivity contribution is 0.0885. The van der Waals surface area contributed by atoms with Crippen molar-refractivity contribution in [1.82, 2.24) is 10.2 Å². The van der Waals surface area contributed by atoms with Crippen molar-refractivity contribution >= 4 is 0 Å². The van der Waals surface area contributed by atoms with Gasteiger partial charge in [-0.15, -0.1) is 0 Å². The van der Waals surface area contributed by atoms with E-state index < -0.39 is 0 Å². The topological polar surface area (TPSA) is 15.3 Å². The highest BCUT2D eigenvalue weighted by molar-refractivity contribution is 4.94. The van der Waals surface area contributed by atoms with E-state index in [1.54, 1.807) is 0 Å². The Kier molecular flexibility index (Phi) is 1.90. The summed E-state index contributed by atoms with van der Waals surface area (Å²) in [6.45, 7) is 1.26. The van der Waals surface area contributed by atoms with Crippen LogP contribution in [0, 0.1) is 5.92 Å². The first-order valence-electron chi connectivity index (χ1n) is 4.67. The third-order valence-electron chi connectivity index (χ3n) is 3.29. The van der Waals surface area contributed by atoms with Crippen LogP contribution < -0.4 is 5.32 Å². The molecular weight excluding hydrogens is 136 g/mol. The smallest absolute Gasteiger partial charge is 0.0144 e. The fourth-order valence-corrected chi connectivity index (χ4v) is 2.58. The quantitative estimate of drug-likeness (QED) is 0.598. The second-order valence-electron chi connectivity index (χ2n) is 4.21. The minimum absolute atomic E-state index is 0.826. The average molecular weight is 154 g/mol. The van der Waals surface area contributed by atoms with Gasteiger partial charge in [-0.1, -0.05) is 0 Å². The van der Waals surface area contributed by atoms with E-state index in [9.17, 15) is 0 Å². The molecule has 2 nitrogen and oxygen atoms in total. The lowest BCUT2D eigenvalue weighted by Gasteiger charge is -2.45. The molecule has 0 spiro atoms. The second-order valence-corrected chi connectivity index (χ2v) is 4.21. The van der Waals surface area contributed by atoms with Gasteiger partial charge < -0.3 is 10.2 Å². The van der Waals surface area contributed by atoms with Crippen LogP contribution in [0.2, 0.25) is 0 Å². The van der Waals surface area contributed by atoms with Crippen LogP contribution in [0.5, 0.6) is 0 Å². The van der Waals surface area contributed by atoms with Gasteiger partial charge in [0.2, 0.25) is 0 Å². The molecular formula is C9H18N2. The van der Waals surface area contributed by atoms with Crippen LogP contribution >= 0.6 is 0 Å². The maximum atomic E-state index is 3.58. The minimum atomic E-state index is 0.826. The highest BCUT2D eigenvalue weighted by Crippen LogP contribution is 2.31. The van der Waals surface area contributed by atoms with Gasteiger partial charge >= 0.3 is 0 Å². The van der Waals surface area contributed by atoms with Gasteiger partial charge in [0.25, 0.3) is 0 Å². The standard InChI is InChI=1S/C9H18N2/c1-11(2)9-5-8-4-3-7(9)6-10-8/h7-10H,3-6H2,1-2H3/t7-,8+,9+/m0/s1. The van der Waals surface area contributed by atoms with Gasteiger partial charge in [-0.05, 0) is 45.8 Å². The van der Waals surface area contributed by atoms with E-state index in [4.69, 9.17) is 0 Å². The van der Waals surface area contributed by atoms with Crippen LogP contribution in [0.1, 0.15) is 19.3 Å². The molecule has 2 saturated heterocycles. The Morgan fingerprint density at radius 1 is 1.27 bits per heavy atom. The number of fused-ring (bicyclic) bond motifs is 3. The normalized spacial score (nSPS) is 43.4. The number of hydrogen-bond acceptors (Lipinski definition) is 2. The Hall–Kier alpha value is -0.0800. The highest BCUT2D eigenvalue weighted by Gasteiger charge is 2.35. The molecule has 0 aromatic rings. The average Bonchev–Trinajstić information content (AvgIpc) is 2.06. The van der Waals surface area contributed by atoms with Gasteiger partial charge in [0, 0.05) is 12.1 Å². The van der Waals surface area contributed by atoms with Crippen molar-refractivity contribution in [3.05, 3.63) is 0 Å². The summed E-state index contributed by atoms with van der Waals surface area (Å²) < 4.78 is 0. The van der Waals surface area contributed by atoms with E-state index in [-0.39, 0.29) is 0 Å². The van der Waals surface area contributed by atoms with E-state index in [0.29, 0.717) is 0 Å². The van der Waals surface area contributed by atoms with Crippen molar-refractivity contribution in [3.8, 4) is 0 Å². The number of piperidine rings is 2. The molecule has 2 bridgehead atoms. The molecule has 3 rings (SSSR count). The maximum absolute atomic E-state index is 3.58. The van der Waals surface area contributed by atoms with E-state index >= 15 is 0 Å². The molecule has 11 heavy (non-hydrogen) atoms. The molecule has 3 atom stereocenters. The van der Waals surface area contributed by atoms with Gasteiger partial charge in [0.05, 0.1) is 0 Å². The third-order valence-corrected chi connectivity index (χ3v) is 3.29. The minimum Gasteiger partial charge on any atom is -0.314 e. The monoisotopic (exact) mass is 154 g/mol. The molecule has 0 unspecified atom stereocenters. The van der Waals surface area contributed by atoms with Gasteiger partial charge in [-0.3, -0.25) is 0 Å². The molecule has 0 aromatic heterocycles. The molecule has 0 aromatic carbocycles. The van der Waals surface area contributed by atoms with Crippen molar-refractivity contribution in [2.75, 3.05) is 20.6 Å². The van der Waals surface area contributed by atoms with Gasteiger partial charge in [0.1, 0.15) is 0 Å². The van der Waals surface area contributed by atoms with Crippen LogP contribution in [0.15, 0.2) is 0 Å². The van der Waals surface area contributed by atoms with E-state index in [1.807, 2.05) is 0 Å². The van der Waals surface area contributed by atoms with Crippen LogP contribution in [-0.4, -0.2) is 37.6 Å². The molecule has 2 heteroatoms. The molecule has 0 radical (unpaired) electrons. The number of rotatable bonds is 1. The lowest BCUT2D eigenvalue weighted by Crippen LogP contribution is -2.55. The molecule has 2 heterocycles. The molecule has 1 aliphatic carbocycles. The Balaban J connectivity index is 2.03. The first-order valence-corrected chi connectivity index (χ1v) is 4.67. The van der Waals surface area contributed by atoms with Crippen molar-refractivity contribution in [2.45, 2.75) is 31.3 Å². The Bertz CT molecular complexity index is 136. The lowest BCUT2D eigenvalue weighted by atomic mass is 9.77. The molecule has 3 aliphatic rings. The molecule has 2 aliphatic heterocycles. The zero-order valence-corrected chi connectivity index (χ0v) is 7.51. The van der Waals surface area contributed by atoms with Crippen LogP contribution in [-0.2, 0) is 0 Å². The maximum Gasteiger partial charge on any atom is 0.0144 e. The number of nitrogens with one attached hydrogen (secondary N) is 1. The Morgan fingerprint density at radius 3 is 2.36 bits per heavy atom. The largest absolute Gasteiger partial charge is 0.314 e. The zero-order chi connectivity index (χ0) is 7.84. The summed E-state index contributed by atoms with van der Waals surface area (Å²) in [7, 11) is 4.43. The predicted molar refractivity (Wildman–Crippen MR) is 46.6 cm³/mol. The molecule has 1 saturated carbocycles. The SMILES string of the molecule is CN(C)[C@@H]1C[C@H]2CC[C@H]1CN2. The van der Waals surface area contributed by atoms with Crippen molar-refractivity contribution in [2.24, 2.45) is 5.92 Å². The summed E-state index contributed by atoms with van der Waals surface area (Å²) in [5.41, 5.74) is 0. The highest BCUT2D eigenvalue weighted by atomic mass is 15.1. The van der Waals surface area contributed by atoms with Crippen molar-refractivity contribution in [3.63, 3.8) is 0 Å². The summed E-state index contributed by atoms with van der Waals surface area (Å²) in [6, 6.07) is 1.68. The first kappa shape index (κ1) is 7.56. The van der Waals surface area contributed by atoms with E-state index in [0.717, 1.165) is 18.0 Å². The van der Waals surface area contributed by atoms with E-state index in [2.05, 4.69) is 24.3 Å². The number of hydrogen-bond donors (Lipinski definition) is 1. The summed E-state index contributed by atoms with van der Waals surface area (Å²) in [4.78, 5) is 2.40. The predicted octanol–water partition coefficient (Wildman–Crippen LogP) is 0.688. The summed E-state index contributed by atoms with van der Waals surface area (Å²) >= 11 is 0. The van der Waals surface area contributed by atoms with Gasteiger partial charge in [-0.2, -0.15) is 0 Å². The van der Waals surface area contributed by atoms with Gasteiger partial charge in [0.15, 0.2) is 0 Å². The molecule has 64 valence electrons. The van der Waals surface area contributed by atoms with Crippen molar-refractivity contribution < 1.29 is 0 Å². The number of nitrogens with zero attached hydrogens (tertiary/aromatic N) is 1. The Labute approximate surface area is 69.0 Å². The zero-order valence-electron chi connectivity index (χ0n) is 7.51. The molecule has 3 fully saturated rings.